The molecular formula is C33H45ClN2O3S. The van der Waals surface area contributed by atoms with Crippen LogP contribution in [-0.2, 0) is 10.0 Å². The van der Waals surface area contributed by atoms with Crippen molar-refractivity contribution in [3.63, 3.8) is 0 Å². The van der Waals surface area contributed by atoms with E-state index in [4.69, 9.17) is 16.3 Å². The van der Waals surface area contributed by atoms with Gasteiger partial charge in [-0.15, -0.1) is 0 Å². The zero-order valence-electron chi connectivity index (χ0n) is 25.0. The average Bonchev–Trinajstić information content (AvgIpc) is 2.90. The van der Waals surface area contributed by atoms with Crippen molar-refractivity contribution in [2.24, 2.45) is 0 Å². The molecule has 0 aliphatic carbocycles. The Kier molecular flexibility index (Phi) is 11.4. The minimum absolute atomic E-state index is 0.0441. The second-order valence-corrected chi connectivity index (χ2v) is 13.4. The highest BCUT2D eigenvalue weighted by Crippen LogP contribution is 2.37. The van der Waals surface area contributed by atoms with E-state index >= 15 is 0 Å². The van der Waals surface area contributed by atoms with Crippen LogP contribution in [0, 0.1) is 0 Å². The Morgan fingerprint density at radius 2 is 1.38 bits per heavy atom. The van der Waals surface area contributed by atoms with Gasteiger partial charge in [0.2, 0.25) is 0 Å². The lowest BCUT2D eigenvalue weighted by molar-refractivity contribution is 0.305. The van der Waals surface area contributed by atoms with Gasteiger partial charge >= 0.3 is 0 Å². The highest BCUT2D eigenvalue weighted by Gasteiger charge is 2.27. The summed E-state index contributed by atoms with van der Waals surface area (Å²) < 4.78 is 36.2. The molecule has 3 aromatic rings. The molecule has 0 atom stereocenters. The SMILES string of the molecule is CCCCCCOc1ccc(Nc2ccc(NS(=O)(=O)c3c(C(C)C)cc(C(C)C)cc3C(C)C)c(Cl)c2)cc1. The first kappa shape index (κ1) is 31.8. The summed E-state index contributed by atoms with van der Waals surface area (Å²) in [5.74, 6) is 1.23. The normalized spacial score (nSPS) is 11.9. The number of sulfonamides is 1. The van der Waals surface area contributed by atoms with Gasteiger partial charge in [0, 0.05) is 11.4 Å². The van der Waals surface area contributed by atoms with Crippen molar-refractivity contribution in [1.29, 1.82) is 0 Å². The zero-order chi connectivity index (χ0) is 29.4. The Labute approximate surface area is 246 Å². The third-order valence-electron chi connectivity index (χ3n) is 6.97. The van der Waals surface area contributed by atoms with E-state index in [1.807, 2.05) is 70.2 Å². The maximum Gasteiger partial charge on any atom is 0.262 e. The van der Waals surface area contributed by atoms with Gasteiger partial charge in [0.1, 0.15) is 5.75 Å². The van der Waals surface area contributed by atoms with E-state index < -0.39 is 10.0 Å². The summed E-state index contributed by atoms with van der Waals surface area (Å²) >= 11 is 6.59. The van der Waals surface area contributed by atoms with Crippen LogP contribution in [0.1, 0.15) is 109 Å². The summed E-state index contributed by atoms with van der Waals surface area (Å²) in [5.41, 5.74) is 4.78. The summed E-state index contributed by atoms with van der Waals surface area (Å²) in [5, 5.41) is 3.64. The fraction of sp³-hybridized carbons (Fsp3) is 0.455. The molecule has 0 aliphatic rings. The van der Waals surface area contributed by atoms with Crippen LogP contribution in [0.4, 0.5) is 17.1 Å². The second kappa shape index (κ2) is 14.3. The molecule has 0 amide bonds. The number of benzene rings is 3. The molecule has 0 heterocycles. The van der Waals surface area contributed by atoms with Crippen molar-refractivity contribution in [3.8, 4) is 5.75 Å². The number of rotatable bonds is 14. The van der Waals surface area contributed by atoms with Crippen LogP contribution < -0.4 is 14.8 Å². The third kappa shape index (κ3) is 8.40. The maximum absolute atomic E-state index is 13.8. The van der Waals surface area contributed by atoms with E-state index in [-0.39, 0.29) is 11.8 Å². The smallest absolute Gasteiger partial charge is 0.262 e. The first-order valence-electron chi connectivity index (χ1n) is 14.4. The molecule has 218 valence electrons. The summed E-state index contributed by atoms with van der Waals surface area (Å²) in [6.45, 7) is 15.3. The highest BCUT2D eigenvalue weighted by atomic mass is 35.5. The molecule has 0 fully saturated rings. The third-order valence-corrected chi connectivity index (χ3v) is 8.78. The second-order valence-electron chi connectivity index (χ2n) is 11.4. The van der Waals surface area contributed by atoms with Crippen molar-refractivity contribution < 1.29 is 13.2 Å². The van der Waals surface area contributed by atoms with E-state index in [0.29, 0.717) is 21.5 Å². The molecule has 0 aromatic heterocycles. The molecule has 0 radical (unpaired) electrons. The lowest BCUT2D eigenvalue weighted by Gasteiger charge is -2.23. The van der Waals surface area contributed by atoms with E-state index in [1.54, 1.807) is 12.1 Å². The number of hydrogen-bond acceptors (Lipinski definition) is 4. The fourth-order valence-electron chi connectivity index (χ4n) is 4.59. The molecule has 0 aliphatic heterocycles. The van der Waals surface area contributed by atoms with Crippen LogP contribution in [0.15, 0.2) is 59.5 Å². The van der Waals surface area contributed by atoms with Crippen LogP contribution in [0.5, 0.6) is 5.75 Å². The fourth-order valence-corrected chi connectivity index (χ4v) is 6.65. The Morgan fingerprint density at radius 3 is 1.90 bits per heavy atom. The number of ether oxygens (including phenoxy) is 1. The van der Waals surface area contributed by atoms with E-state index in [2.05, 4.69) is 30.8 Å². The molecular weight excluding hydrogens is 540 g/mol. The molecule has 2 N–H and O–H groups in total. The average molecular weight is 585 g/mol. The van der Waals surface area contributed by atoms with Gasteiger partial charge < -0.3 is 10.1 Å². The largest absolute Gasteiger partial charge is 0.494 e. The van der Waals surface area contributed by atoms with E-state index in [9.17, 15) is 8.42 Å². The molecule has 0 unspecified atom stereocenters. The molecule has 3 aromatic carbocycles. The van der Waals surface area contributed by atoms with Crippen molar-refractivity contribution >= 4 is 38.7 Å². The van der Waals surface area contributed by atoms with Crippen LogP contribution in [0.2, 0.25) is 5.02 Å². The van der Waals surface area contributed by atoms with Gasteiger partial charge in [-0.1, -0.05) is 91.5 Å². The molecule has 0 spiro atoms. The molecule has 3 rings (SSSR count). The molecule has 0 bridgehead atoms. The zero-order valence-corrected chi connectivity index (χ0v) is 26.5. The van der Waals surface area contributed by atoms with Crippen LogP contribution in [0.3, 0.4) is 0 Å². The predicted octanol–water partition coefficient (Wildman–Crippen LogP) is 10.2. The Bertz CT molecular complexity index is 1340. The van der Waals surface area contributed by atoms with Crippen LogP contribution in [0.25, 0.3) is 0 Å². The van der Waals surface area contributed by atoms with E-state index in [0.717, 1.165) is 46.8 Å². The topological polar surface area (TPSA) is 67.4 Å². The molecule has 0 saturated carbocycles. The standard InChI is InChI=1S/C33H45ClN2O3S/c1-8-9-10-11-18-39-28-15-12-26(13-16-28)35-27-14-17-32(31(34)21-27)36-40(37,38)33-29(23(4)5)19-25(22(2)3)20-30(33)24(6)7/h12-17,19-24,35-36H,8-11,18H2,1-7H3. The molecule has 5 nitrogen and oxygen atoms in total. The van der Waals surface area contributed by atoms with Crippen molar-refractivity contribution in [3.05, 3.63) is 76.3 Å². The van der Waals surface area contributed by atoms with Crippen LogP contribution in [-0.4, -0.2) is 15.0 Å². The van der Waals surface area contributed by atoms with Gasteiger partial charge in [-0.2, -0.15) is 0 Å². The first-order chi connectivity index (χ1) is 18.9. The number of anilines is 3. The summed E-state index contributed by atoms with van der Waals surface area (Å²) in [7, 11) is -3.89. The Morgan fingerprint density at radius 1 is 0.775 bits per heavy atom. The predicted molar refractivity (Wildman–Crippen MR) is 170 cm³/mol. The molecule has 40 heavy (non-hydrogen) atoms. The minimum atomic E-state index is -3.89. The van der Waals surface area contributed by atoms with Crippen molar-refractivity contribution in [2.45, 2.75) is 96.8 Å². The number of unbranched alkanes of at least 4 members (excludes halogenated alkanes) is 3. The van der Waals surface area contributed by atoms with Gasteiger partial charge in [-0.3, -0.25) is 4.72 Å². The molecule has 0 saturated heterocycles. The Hall–Kier alpha value is -2.70. The lowest BCUT2D eigenvalue weighted by atomic mass is 9.89. The van der Waals surface area contributed by atoms with Gasteiger partial charge in [0.25, 0.3) is 10.0 Å². The summed E-state index contributed by atoms with van der Waals surface area (Å²) in [6, 6.07) is 17.1. The number of halogens is 1. The van der Waals surface area contributed by atoms with Gasteiger partial charge in [-0.25, -0.2) is 8.42 Å². The molecule has 7 heteroatoms. The maximum atomic E-state index is 13.8. The van der Waals surface area contributed by atoms with Crippen molar-refractivity contribution in [1.82, 2.24) is 0 Å². The highest BCUT2D eigenvalue weighted by molar-refractivity contribution is 7.92. The van der Waals surface area contributed by atoms with Gasteiger partial charge in [-0.05, 0) is 83.3 Å². The van der Waals surface area contributed by atoms with E-state index in [1.165, 1.54) is 19.3 Å². The van der Waals surface area contributed by atoms with Crippen molar-refractivity contribution in [2.75, 3.05) is 16.6 Å². The first-order valence-corrected chi connectivity index (χ1v) is 16.3. The summed E-state index contributed by atoms with van der Waals surface area (Å²) in [4.78, 5) is 0.354. The van der Waals surface area contributed by atoms with Gasteiger partial charge in [0.15, 0.2) is 0 Å². The summed E-state index contributed by atoms with van der Waals surface area (Å²) in [6.07, 6.45) is 4.69. The Balaban J connectivity index is 1.78. The monoisotopic (exact) mass is 584 g/mol. The minimum Gasteiger partial charge on any atom is -0.494 e. The lowest BCUT2D eigenvalue weighted by Crippen LogP contribution is -2.19. The quantitative estimate of drug-likeness (QED) is 0.185. The number of hydrogen-bond donors (Lipinski definition) is 2. The van der Waals surface area contributed by atoms with Crippen LogP contribution >= 0.6 is 11.6 Å². The van der Waals surface area contributed by atoms with Gasteiger partial charge in [0.05, 0.1) is 22.2 Å². The number of nitrogens with one attached hydrogen (secondary N) is 2.